The second-order valence-electron chi connectivity index (χ2n) is 1.47. The van der Waals surface area contributed by atoms with Gasteiger partial charge in [-0.05, 0) is 13.0 Å². The first-order chi connectivity index (χ1) is 3.41. The third-order valence-corrected chi connectivity index (χ3v) is 0.939. The van der Waals surface area contributed by atoms with E-state index >= 15 is 0 Å². The lowest BCUT2D eigenvalue weighted by Crippen LogP contribution is -2.16. The Morgan fingerprint density at radius 3 is 2.57 bits per heavy atom. The minimum atomic E-state index is 0.944. The van der Waals surface area contributed by atoms with Crippen LogP contribution >= 0.6 is 12.6 Å². The van der Waals surface area contributed by atoms with Crippen LogP contribution in [0.1, 0.15) is 13.3 Å². The molecule has 0 aromatic rings. The fourth-order valence-corrected chi connectivity index (χ4v) is 0.539. The van der Waals surface area contributed by atoms with Gasteiger partial charge in [-0.1, -0.05) is 6.92 Å². The molecule has 0 aliphatic rings. The van der Waals surface area contributed by atoms with E-state index in [2.05, 4.69) is 24.9 Å². The number of rotatable bonds is 4. The topological polar surface area (TPSA) is 12.0 Å². The Labute approximate surface area is 50.9 Å². The van der Waals surface area contributed by atoms with Gasteiger partial charge in [-0.15, -0.1) is 0 Å². The van der Waals surface area contributed by atoms with Crippen LogP contribution in [0, 0.1) is 0 Å². The molecule has 0 radical (unpaired) electrons. The van der Waals surface area contributed by atoms with Crippen molar-refractivity contribution in [2.24, 2.45) is 0 Å². The van der Waals surface area contributed by atoms with Gasteiger partial charge in [0.25, 0.3) is 0 Å². The van der Waals surface area contributed by atoms with Crippen molar-refractivity contribution < 1.29 is 0 Å². The Balaban J connectivity index is 2.45. The summed E-state index contributed by atoms with van der Waals surface area (Å²) in [5.41, 5.74) is 0. The molecular weight excluding hydrogens is 106 g/mol. The molecule has 0 bridgehead atoms. The summed E-state index contributed by atoms with van der Waals surface area (Å²) in [5, 5.41) is 3.21. The summed E-state index contributed by atoms with van der Waals surface area (Å²) in [5.74, 6) is 0.944. The lowest BCUT2D eigenvalue weighted by atomic mass is 10.5. The second kappa shape index (κ2) is 6.31. The van der Waals surface area contributed by atoms with Gasteiger partial charge in [0, 0.05) is 12.3 Å². The molecule has 7 heavy (non-hydrogen) atoms. The van der Waals surface area contributed by atoms with Crippen molar-refractivity contribution in [1.82, 2.24) is 5.32 Å². The number of nitrogens with one attached hydrogen (secondary N) is 1. The van der Waals surface area contributed by atoms with Gasteiger partial charge in [0.15, 0.2) is 0 Å². The van der Waals surface area contributed by atoms with E-state index in [1.807, 2.05) is 0 Å². The maximum atomic E-state index is 4.03. The van der Waals surface area contributed by atoms with Crippen molar-refractivity contribution >= 4 is 12.6 Å². The molecule has 0 rings (SSSR count). The lowest BCUT2D eigenvalue weighted by molar-refractivity contribution is 0.708. The zero-order valence-corrected chi connectivity index (χ0v) is 5.67. The first kappa shape index (κ1) is 7.31. The van der Waals surface area contributed by atoms with Crippen LogP contribution in [-0.4, -0.2) is 18.8 Å². The Morgan fingerprint density at radius 1 is 1.43 bits per heavy atom. The highest BCUT2D eigenvalue weighted by Gasteiger charge is 1.77. The summed E-state index contributed by atoms with van der Waals surface area (Å²) in [6, 6.07) is 0. The van der Waals surface area contributed by atoms with E-state index in [1.54, 1.807) is 0 Å². The standard InChI is InChI=1S/C5H13NS/c1-2-3-6-4-5-7/h6-7H,2-5H2,1H3. The zero-order valence-electron chi connectivity index (χ0n) is 4.78. The molecule has 0 unspecified atom stereocenters. The molecule has 0 aliphatic carbocycles. The Hall–Kier alpha value is 0.310. The molecule has 0 heterocycles. The minimum Gasteiger partial charge on any atom is -0.316 e. The third-order valence-electron chi connectivity index (χ3n) is 0.715. The molecule has 2 heteroatoms. The van der Waals surface area contributed by atoms with Crippen molar-refractivity contribution in [1.29, 1.82) is 0 Å². The van der Waals surface area contributed by atoms with Crippen molar-refractivity contribution in [3.05, 3.63) is 0 Å². The van der Waals surface area contributed by atoms with Crippen LogP contribution in [0.2, 0.25) is 0 Å². The van der Waals surface area contributed by atoms with E-state index in [0.717, 1.165) is 18.8 Å². The number of hydrogen-bond acceptors (Lipinski definition) is 2. The predicted octanol–water partition coefficient (Wildman–Crippen LogP) is 0.916. The maximum absolute atomic E-state index is 4.03. The van der Waals surface area contributed by atoms with E-state index in [-0.39, 0.29) is 0 Å². The second-order valence-corrected chi connectivity index (χ2v) is 1.92. The van der Waals surface area contributed by atoms with Crippen LogP contribution in [0.4, 0.5) is 0 Å². The highest BCUT2D eigenvalue weighted by molar-refractivity contribution is 7.80. The highest BCUT2D eigenvalue weighted by atomic mass is 32.1. The van der Waals surface area contributed by atoms with Gasteiger partial charge in [0.1, 0.15) is 0 Å². The average molecular weight is 119 g/mol. The van der Waals surface area contributed by atoms with Gasteiger partial charge in [0.05, 0.1) is 0 Å². The van der Waals surface area contributed by atoms with Crippen molar-refractivity contribution in [3.63, 3.8) is 0 Å². The lowest BCUT2D eigenvalue weighted by Gasteiger charge is -1.95. The SMILES string of the molecule is CCCNCCS. The molecule has 0 spiro atoms. The molecule has 44 valence electrons. The monoisotopic (exact) mass is 119 g/mol. The normalized spacial score (nSPS) is 9.43. The maximum Gasteiger partial charge on any atom is 0.00397 e. The van der Waals surface area contributed by atoms with E-state index < -0.39 is 0 Å². The molecule has 0 amide bonds. The molecule has 0 aromatic heterocycles. The summed E-state index contributed by atoms with van der Waals surface area (Å²) in [6.07, 6.45) is 1.22. The summed E-state index contributed by atoms with van der Waals surface area (Å²) in [6.45, 7) is 4.32. The van der Waals surface area contributed by atoms with Gasteiger partial charge in [0.2, 0.25) is 0 Å². The summed E-state index contributed by atoms with van der Waals surface area (Å²) in [7, 11) is 0. The summed E-state index contributed by atoms with van der Waals surface area (Å²) in [4.78, 5) is 0. The van der Waals surface area contributed by atoms with E-state index in [1.165, 1.54) is 6.42 Å². The first-order valence-corrected chi connectivity index (χ1v) is 3.36. The molecule has 1 N–H and O–H groups in total. The van der Waals surface area contributed by atoms with Gasteiger partial charge in [-0.2, -0.15) is 12.6 Å². The van der Waals surface area contributed by atoms with Gasteiger partial charge >= 0.3 is 0 Å². The first-order valence-electron chi connectivity index (χ1n) is 2.73. The van der Waals surface area contributed by atoms with Crippen LogP contribution in [0.25, 0.3) is 0 Å². The molecular formula is C5H13NS. The van der Waals surface area contributed by atoms with E-state index in [4.69, 9.17) is 0 Å². The minimum absolute atomic E-state index is 0.944. The molecule has 1 nitrogen and oxygen atoms in total. The van der Waals surface area contributed by atoms with E-state index in [0.29, 0.717) is 0 Å². The third kappa shape index (κ3) is 6.31. The zero-order chi connectivity index (χ0) is 5.54. The van der Waals surface area contributed by atoms with Gasteiger partial charge in [-0.3, -0.25) is 0 Å². The molecule has 0 saturated carbocycles. The molecule has 0 aromatic carbocycles. The molecule has 0 fully saturated rings. The Kier molecular flexibility index (Phi) is 6.59. The quantitative estimate of drug-likeness (QED) is 0.414. The Bertz CT molecular complexity index is 27.3. The van der Waals surface area contributed by atoms with Gasteiger partial charge < -0.3 is 5.32 Å². The average Bonchev–Trinajstić information content (AvgIpc) is 1.69. The smallest absolute Gasteiger partial charge is 0.00397 e. The molecule has 0 atom stereocenters. The largest absolute Gasteiger partial charge is 0.316 e. The van der Waals surface area contributed by atoms with Crippen LogP contribution < -0.4 is 5.32 Å². The molecule has 0 saturated heterocycles. The molecule has 0 aliphatic heterocycles. The fourth-order valence-electron chi connectivity index (χ4n) is 0.381. The highest BCUT2D eigenvalue weighted by Crippen LogP contribution is 1.70. The summed E-state index contributed by atoms with van der Waals surface area (Å²) < 4.78 is 0. The van der Waals surface area contributed by atoms with E-state index in [9.17, 15) is 0 Å². The number of thiol groups is 1. The Morgan fingerprint density at radius 2 is 2.14 bits per heavy atom. The van der Waals surface area contributed by atoms with Crippen molar-refractivity contribution in [2.75, 3.05) is 18.8 Å². The predicted molar refractivity (Wildman–Crippen MR) is 37.0 cm³/mol. The van der Waals surface area contributed by atoms with Crippen molar-refractivity contribution in [2.45, 2.75) is 13.3 Å². The van der Waals surface area contributed by atoms with Gasteiger partial charge in [-0.25, -0.2) is 0 Å². The fraction of sp³-hybridized carbons (Fsp3) is 1.00. The van der Waals surface area contributed by atoms with Crippen LogP contribution in [0.5, 0.6) is 0 Å². The van der Waals surface area contributed by atoms with Crippen molar-refractivity contribution in [3.8, 4) is 0 Å². The number of hydrogen-bond donors (Lipinski definition) is 2. The van der Waals surface area contributed by atoms with Crippen LogP contribution in [0.3, 0.4) is 0 Å². The van der Waals surface area contributed by atoms with Crippen LogP contribution in [-0.2, 0) is 0 Å². The van der Waals surface area contributed by atoms with Crippen LogP contribution in [0.15, 0.2) is 0 Å². The summed E-state index contributed by atoms with van der Waals surface area (Å²) >= 11 is 4.03.